The lowest BCUT2D eigenvalue weighted by atomic mass is 9.89. The Morgan fingerprint density at radius 2 is 1.59 bits per heavy atom. The van der Waals surface area contributed by atoms with Gasteiger partial charge >= 0.3 is 12.1 Å². The molecular formula is C29H31NO7. The zero-order valence-corrected chi connectivity index (χ0v) is 20.7. The Morgan fingerprint density at radius 3 is 2.22 bits per heavy atom. The van der Waals surface area contributed by atoms with Gasteiger partial charge in [0.25, 0.3) is 0 Å². The number of anilines is 2. The molecule has 1 aliphatic rings. The monoisotopic (exact) mass is 505 g/mol. The molecule has 3 aromatic carbocycles. The van der Waals surface area contributed by atoms with Gasteiger partial charge in [-0.3, -0.25) is 0 Å². The molecule has 0 spiro atoms. The Hall–Kier alpha value is -3.88. The highest BCUT2D eigenvalue weighted by molar-refractivity contribution is 5.95. The van der Waals surface area contributed by atoms with Crippen molar-refractivity contribution in [2.75, 3.05) is 24.7 Å². The normalized spacial score (nSPS) is 18.7. The van der Waals surface area contributed by atoms with Gasteiger partial charge in [0.1, 0.15) is 24.1 Å². The largest absolute Gasteiger partial charge is 0.482 e. The Morgan fingerprint density at radius 1 is 0.946 bits per heavy atom. The molecule has 8 heteroatoms. The number of carbonyl (C=O) groups excluding carboxylic acids is 2. The molecule has 0 saturated carbocycles. The summed E-state index contributed by atoms with van der Waals surface area (Å²) in [7, 11) is 0. The summed E-state index contributed by atoms with van der Waals surface area (Å²) in [4.78, 5) is 26.4. The van der Waals surface area contributed by atoms with Crippen LogP contribution in [-0.2, 0) is 20.7 Å². The Bertz CT molecular complexity index is 1160. The van der Waals surface area contributed by atoms with Crippen LogP contribution >= 0.6 is 0 Å². The van der Waals surface area contributed by atoms with Gasteiger partial charge in [-0.1, -0.05) is 48.5 Å². The van der Waals surface area contributed by atoms with E-state index in [-0.39, 0.29) is 19.6 Å². The maximum Gasteiger partial charge on any atom is 0.419 e. The smallest absolute Gasteiger partial charge is 0.419 e. The maximum absolute atomic E-state index is 13.3. The van der Waals surface area contributed by atoms with Crippen molar-refractivity contribution >= 4 is 23.4 Å². The molecule has 194 valence electrons. The van der Waals surface area contributed by atoms with Crippen LogP contribution in [-0.4, -0.2) is 47.7 Å². The topological polar surface area (TPSA) is 106 Å². The van der Waals surface area contributed by atoms with Crippen molar-refractivity contribution in [2.24, 2.45) is 0 Å². The molecule has 2 N–H and O–H groups in total. The molecule has 37 heavy (non-hydrogen) atoms. The number of aliphatic hydroxyl groups is 2. The Labute approximate surface area is 216 Å². The third kappa shape index (κ3) is 6.10. The van der Waals surface area contributed by atoms with E-state index >= 15 is 0 Å². The molecule has 0 fully saturated rings. The number of para-hydroxylation sites is 2. The average molecular weight is 506 g/mol. The van der Waals surface area contributed by atoms with E-state index in [0.717, 1.165) is 0 Å². The zero-order chi connectivity index (χ0) is 26.3. The van der Waals surface area contributed by atoms with E-state index in [4.69, 9.17) is 14.2 Å². The van der Waals surface area contributed by atoms with Gasteiger partial charge in [0.15, 0.2) is 6.61 Å². The number of hydrogen-bond donors (Lipinski definition) is 2. The molecule has 4 rings (SSSR count). The molecule has 0 radical (unpaired) electrons. The van der Waals surface area contributed by atoms with Gasteiger partial charge in [0, 0.05) is 5.56 Å². The summed E-state index contributed by atoms with van der Waals surface area (Å²) < 4.78 is 16.2. The summed E-state index contributed by atoms with van der Waals surface area (Å²) in [5.41, 5.74) is 0.693. The third-order valence-electron chi connectivity index (χ3n) is 6.32. The number of nitrogens with zero attached hydrogens (tertiary/aromatic N) is 1. The summed E-state index contributed by atoms with van der Waals surface area (Å²) in [5, 5.41) is 22.7. The highest BCUT2D eigenvalue weighted by Crippen LogP contribution is 2.40. The molecule has 0 aromatic heterocycles. The van der Waals surface area contributed by atoms with Crippen molar-refractivity contribution in [3.8, 4) is 5.75 Å². The van der Waals surface area contributed by atoms with E-state index in [9.17, 15) is 19.8 Å². The molecule has 0 aliphatic heterocycles. The van der Waals surface area contributed by atoms with Crippen molar-refractivity contribution in [1.82, 2.24) is 0 Å². The number of ether oxygens (including phenoxy) is 3. The quantitative estimate of drug-likeness (QED) is 0.338. The van der Waals surface area contributed by atoms with Crippen LogP contribution in [0.4, 0.5) is 16.2 Å². The molecule has 8 nitrogen and oxygen atoms in total. The molecule has 0 saturated heterocycles. The second-order valence-electron chi connectivity index (χ2n) is 8.84. The van der Waals surface area contributed by atoms with E-state index in [1.807, 2.05) is 36.4 Å². The van der Waals surface area contributed by atoms with E-state index in [1.165, 1.54) is 4.90 Å². The number of rotatable bonds is 8. The zero-order valence-electron chi connectivity index (χ0n) is 20.7. The van der Waals surface area contributed by atoms with Crippen molar-refractivity contribution in [2.45, 2.75) is 37.9 Å². The first-order valence-electron chi connectivity index (χ1n) is 12.3. The first-order valence-corrected chi connectivity index (χ1v) is 12.3. The summed E-state index contributed by atoms with van der Waals surface area (Å²) >= 11 is 0. The number of esters is 1. The number of fused-ring (bicyclic) bond motifs is 1. The van der Waals surface area contributed by atoms with Crippen LogP contribution in [0.1, 0.15) is 37.0 Å². The van der Waals surface area contributed by atoms with Crippen LogP contribution in [0.15, 0.2) is 78.9 Å². The van der Waals surface area contributed by atoms with Crippen LogP contribution in [0.3, 0.4) is 0 Å². The minimum atomic E-state index is -1.71. The second-order valence-corrected chi connectivity index (χ2v) is 8.84. The second kappa shape index (κ2) is 11.9. The van der Waals surface area contributed by atoms with Gasteiger partial charge in [-0.25, -0.2) is 14.5 Å². The van der Waals surface area contributed by atoms with Crippen molar-refractivity contribution in [1.29, 1.82) is 0 Å². The standard InChI is InChI=1S/C29H31NO7/c1-2-35-26(31)19-36-25-17-9-15-24-23(25)16-10-18-29(34,27(24)32)20-37-28(33)30(21-11-5-3-6-12-21)22-13-7-4-8-14-22/h3-9,11-15,17,27,32,34H,2,10,16,18-20H2,1H3. The van der Waals surface area contributed by atoms with E-state index < -0.39 is 30.4 Å². The summed E-state index contributed by atoms with van der Waals surface area (Å²) in [6.07, 6.45) is -0.773. The molecule has 1 aliphatic carbocycles. The molecule has 2 unspecified atom stereocenters. The molecule has 0 heterocycles. The number of hydrogen-bond acceptors (Lipinski definition) is 7. The SMILES string of the molecule is CCOC(=O)COc1cccc2c1CCCC(O)(COC(=O)N(c1ccccc1)c1ccccc1)C2O. The van der Waals surface area contributed by atoms with Gasteiger partial charge in [0.2, 0.25) is 0 Å². The van der Waals surface area contributed by atoms with E-state index in [0.29, 0.717) is 41.1 Å². The van der Waals surface area contributed by atoms with Crippen LogP contribution in [0.2, 0.25) is 0 Å². The van der Waals surface area contributed by atoms with Crippen LogP contribution < -0.4 is 9.64 Å². The minimum Gasteiger partial charge on any atom is -0.482 e. The van der Waals surface area contributed by atoms with Crippen LogP contribution in [0, 0.1) is 0 Å². The highest BCUT2D eigenvalue weighted by atomic mass is 16.6. The first kappa shape index (κ1) is 26.2. The fourth-order valence-electron chi connectivity index (χ4n) is 4.49. The average Bonchev–Trinajstić information content (AvgIpc) is 3.04. The Balaban J connectivity index is 1.52. The number of amides is 1. The van der Waals surface area contributed by atoms with Crippen LogP contribution in [0.5, 0.6) is 5.75 Å². The maximum atomic E-state index is 13.3. The molecule has 0 bridgehead atoms. The van der Waals surface area contributed by atoms with Gasteiger partial charge in [0.05, 0.1) is 18.0 Å². The fourth-order valence-corrected chi connectivity index (χ4v) is 4.49. The van der Waals surface area contributed by atoms with Gasteiger partial charge in [-0.15, -0.1) is 0 Å². The third-order valence-corrected chi connectivity index (χ3v) is 6.32. The molecule has 2 atom stereocenters. The summed E-state index contributed by atoms with van der Waals surface area (Å²) in [5.74, 6) is -0.0377. The van der Waals surface area contributed by atoms with Crippen LogP contribution in [0.25, 0.3) is 0 Å². The number of carbonyl (C=O) groups is 2. The van der Waals surface area contributed by atoms with Gasteiger partial charge < -0.3 is 24.4 Å². The minimum absolute atomic E-state index is 0.199. The van der Waals surface area contributed by atoms with E-state index in [2.05, 4.69) is 0 Å². The number of benzene rings is 3. The highest BCUT2D eigenvalue weighted by Gasteiger charge is 2.41. The first-order chi connectivity index (χ1) is 17.9. The predicted molar refractivity (Wildman–Crippen MR) is 138 cm³/mol. The summed E-state index contributed by atoms with van der Waals surface area (Å²) in [6, 6.07) is 23.2. The Kier molecular flexibility index (Phi) is 8.43. The molecule has 1 amide bonds. The summed E-state index contributed by atoms with van der Waals surface area (Å²) in [6.45, 7) is 1.31. The van der Waals surface area contributed by atoms with Crippen molar-refractivity contribution in [3.05, 3.63) is 90.0 Å². The van der Waals surface area contributed by atoms with Crippen molar-refractivity contribution < 1.29 is 34.0 Å². The number of aliphatic hydroxyl groups excluding tert-OH is 1. The lowest BCUT2D eigenvalue weighted by Crippen LogP contribution is -2.43. The predicted octanol–water partition coefficient (Wildman–Crippen LogP) is 4.70. The lowest BCUT2D eigenvalue weighted by Gasteiger charge is -2.33. The van der Waals surface area contributed by atoms with E-state index in [1.54, 1.807) is 49.4 Å². The van der Waals surface area contributed by atoms with Gasteiger partial charge in [-0.2, -0.15) is 0 Å². The van der Waals surface area contributed by atoms with Crippen molar-refractivity contribution in [3.63, 3.8) is 0 Å². The van der Waals surface area contributed by atoms with Gasteiger partial charge in [-0.05, 0) is 62.1 Å². The fraction of sp³-hybridized carbons (Fsp3) is 0.310. The molecular weight excluding hydrogens is 474 g/mol. The molecule has 3 aromatic rings. The lowest BCUT2D eigenvalue weighted by molar-refractivity contribution is -0.145.